The van der Waals surface area contributed by atoms with Crippen LogP contribution in [0.4, 0.5) is 0 Å². The Bertz CT molecular complexity index is 1510. The number of aliphatic hydroxyl groups excluding tert-OH is 2. The molecule has 11 nitrogen and oxygen atoms in total. The Hall–Kier alpha value is -3.90. The monoisotopic (exact) mass is 505 g/mol. The van der Waals surface area contributed by atoms with Gasteiger partial charge in [0.25, 0.3) is 17.4 Å². The lowest BCUT2D eigenvalue weighted by Crippen LogP contribution is -2.65. The van der Waals surface area contributed by atoms with E-state index in [0.717, 1.165) is 27.3 Å². The first-order valence-electron chi connectivity index (χ1n) is 11.8. The largest absolute Gasteiger partial charge is 0.388 e. The van der Waals surface area contributed by atoms with Gasteiger partial charge in [-0.15, -0.1) is 0 Å². The summed E-state index contributed by atoms with van der Waals surface area (Å²) >= 11 is 0. The minimum absolute atomic E-state index is 0.0483. The second-order valence-electron chi connectivity index (χ2n) is 9.47. The molecule has 6 rings (SSSR count). The summed E-state index contributed by atoms with van der Waals surface area (Å²) in [6.07, 6.45) is -2.42. The van der Waals surface area contributed by atoms with Crippen LogP contribution < -0.4 is 11.2 Å². The molecule has 4 atom stereocenters. The second kappa shape index (κ2) is 8.60. The number of hydrogen-bond acceptors (Lipinski definition) is 8. The number of aromatic amines is 1. The second-order valence-corrected chi connectivity index (χ2v) is 9.47. The smallest absolute Gasteiger partial charge is 0.330 e. The lowest BCUT2D eigenvalue weighted by molar-refractivity contribution is -0.284. The number of aromatic nitrogens is 2. The van der Waals surface area contributed by atoms with E-state index in [1.165, 1.54) is 11.1 Å². The minimum atomic E-state index is -1.45. The Labute approximate surface area is 209 Å². The van der Waals surface area contributed by atoms with Gasteiger partial charge in [0.1, 0.15) is 17.8 Å². The molecular formula is C26H23N3O8. The summed E-state index contributed by atoms with van der Waals surface area (Å²) < 4.78 is 12.7. The average molecular weight is 505 g/mol. The molecule has 3 aliphatic heterocycles. The number of ether oxygens (including phenoxy) is 2. The molecule has 0 radical (unpaired) electrons. The van der Waals surface area contributed by atoms with E-state index in [2.05, 4.69) is 4.98 Å². The van der Waals surface area contributed by atoms with Gasteiger partial charge in [0, 0.05) is 18.7 Å². The van der Waals surface area contributed by atoms with Crippen molar-refractivity contribution in [2.24, 2.45) is 0 Å². The molecular weight excluding hydrogens is 482 g/mol. The third-order valence-corrected chi connectivity index (χ3v) is 7.34. The molecule has 1 aromatic heterocycles. The average Bonchev–Trinajstić information content (AvgIpc) is 3.13. The summed E-state index contributed by atoms with van der Waals surface area (Å²) in [6.45, 7) is -0.0475. The number of fused-ring (bicyclic) bond motifs is 2. The highest BCUT2D eigenvalue weighted by molar-refractivity contribution is 6.21. The molecule has 190 valence electrons. The van der Waals surface area contributed by atoms with E-state index in [-0.39, 0.29) is 38.0 Å². The number of hydrogen-bond donors (Lipinski definition) is 3. The zero-order chi connectivity index (χ0) is 25.9. The third kappa shape index (κ3) is 3.66. The first-order valence-corrected chi connectivity index (χ1v) is 11.8. The third-order valence-electron chi connectivity index (χ3n) is 7.34. The molecule has 1 spiro atoms. The van der Waals surface area contributed by atoms with Crippen LogP contribution in [0.1, 0.15) is 43.6 Å². The predicted octanol–water partition coefficient (Wildman–Crippen LogP) is 0.0951. The fourth-order valence-electron chi connectivity index (χ4n) is 5.34. The van der Waals surface area contributed by atoms with E-state index in [4.69, 9.17) is 9.47 Å². The highest BCUT2D eigenvalue weighted by Gasteiger charge is 2.55. The van der Waals surface area contributed by atoms with Gasteiger partial charge in [0.15, 0.2) is 6.23 Å². The van der Waals surface area contributed by atoms with Crippen LogP contribution in [0.15, 0.2) is 64.3 Å². The summed E-state index contributed by atoms with van der Waals surface area (Å²) in [7, 11) is 0. The number of carbonyl (C=O) groups is 2. The molecule has 0 aliphatic carbocycles. The maximum atomic E-state index is 12.7. The molecule has 0 bridgehead atoms. The van der Waals surface area contributed by atoms with Gasteiger partial charge in [-0.2, -0.15) is 0 Å². The Morgan fingerprint density at radius 1 is 0.973 bits per heavy atom. The van der Waals surface area contributed by atoms with Crippen molar-refractivity contribution in [1.82, 2.24) is 14.5 Å². The molecule has 4 heterocycles. The molecule has 11 heteroatoms. The van der Waals surface area contributed by atoms with Crippen molar-refractivity contribution in [2.75, 3.05) is 6.61 Å². The number of imide groups is 1. The molecule has 37 heavy (non-hydrogen) atoms. The van der Waals surface area contributed by atoms with Crippen molar-refractivity contribution in [3.05, 3.63) is 103 Å². The fourth-order valence-corrected chi connectivity index (χ4v) is 5.34. The molecule has 3 aromatic rings. The van der Waals surface area contributed by atoms with Crippen LogP contribution in [-0.4, -0.2) is 60.9 Å². The molecule has 3 N–H and O–H groups in total. The molecule has 1 saturated heterocycles. The van der Waals surface area contributed by atoms with Gasteiger partial charge in [-0.25, -0.2) is 4.79 Å². The molecule has 0 unspecified atom stereocenters. The number of nitrogens with one attached hydrogen (secondary N) is 1. The first kappa shape index (κ1) is 23.5. The van der Waals surface area contributed by atoms with E-state index in [9.17, 15) is 29.4 Å². The van der Waals surface area contributed by atoms with E-state index < -0.39 is 35.3 Å². The van der Waals surface area contributed by atoms with E-state index >= 15 is 0 Å². The number of amides is 2. The Morgan fingerprint density at radius 2 is 1.70 bits per heavy atom. The van der Waals surface area contributed by atoms with Crippen LogP contribution in [0.25, 0.3) is 0 Å². The van der Waals surface area contributed by atoms with Gasteiger partial charge in [-0.1, -0.05) is 30.3 Å². The zero-order valence-corrected chi connectivity index (χ0v) is 19.5. The molecule has 0 saturated carbocycles. The number of benzene rings is 2. The topological polar surface area (TPSA) is 151 Å². The Morgan fingerprint density at radius 3 is 2.41 bits per heavy atom. The van der Waals surface area contributed by atoms with Crippen molar-refractivity contribution < 1.29 is 29.3 Å². The summed E-state index contributed by atoms with van der Waals surface area (Å²) in [6, 6.07) is 13.3. The first-order chi connectivity index (χ1) is 17.8. The summed E-state index contributed by atoms with van der Waals surface area (Å²) in [5.74, 6) is -0.684. The standard InChI is InChI=1S/C26H23N3O8/c30-19-13-36-24(28-8-7-20(31)27-25(28)35)21(32)26(19)10-15-6-5-14(9-16(15)12-37-26)11-29-22(33)17-3-1-2-4-18(17)23(29)34/h1-9,19,21,24,30,32H,10-13H2,(H,27,31,35)/t19-,21+,24-,26-/m1/s1. The SMILES string of the molecule is O=C1c2ccccc2C(=O)N1Cc1ccc2c(c1)CO[C@]1(C2)[C@H](O)CO[C@@H](n2ccc(=O)[nH]c2=O)[C@@H]1O. The van der Waals surface area contributed by atoms with Crippen LogP contribution in [0.3, 0.4) is 0 Å². The van der Waals surface area contributed by atoms with Crippen molar-refractivity contribution >= 4 is 11.8 Å². The fraction of sp³-hybridized carbons (Fsp3) is 0.308. The number of aliphatic hydroxyl groups is 2. The van der Waals surface area contributed by atoms with Crippen molar-refractivity contribution in [3.63, 3.8) is 0 Å². The van der Waals surface area contributed by atoms with E-state index in [0.29, 0.717) is 11.1 Å². The molecule has 2 amide bonds. The van der Waals surface area contributed by atoms with Gasteiger partial charge in [0.2, 0.25) is 0 Å². The number of nitrogens with zero attached hydrogens (tertiary/aromatic N) is 2. The van der Waals surface area contributed by atoms with Crippen LogP contribution in [-0.2, 0) is 29.0 Å². The highest BCUT2D eigenvalue weighted by atomic mass is 16.6. The van der Waals surface area contributed by atoms with Gasteiger partial charge in [0.05, 0.1) is 30.9 Å². The summed E-state index contributed by atoms with van der Waals surface area (Å²) in [4.78, 5) is 52.5. The Balaban J connectivity index is 1.25. The van der Waals surface area contributed by atoms with Gasteiger partial charge < -0.3 is 19.7 Å². The van der Waals surface area contributed by atoms with Gasteiger partial charge in [-0.05, 0) is 28.8 Å². The van der Waals surface area contributed by atoms with Crippen LogP contribution in [0.2, 0.25) is 0 Å². The lowest BCUT2D eigenvalue weighted by atomic mass is 9.78. The van der Waals surface area contributed by atoms with Crippen LogP contribution in [0.5, 0.6) is 0 Å². The van der Waals surface area contributed by atoms with Gasteiger partial charge in [-0.3, -0.25) is 28.8 Å². The van der Waals surface area contributed by atoms with Crippen molar-refractivity contribution in [3.8, 4) is 0 Å². The lowest BCUT2D eigenvalue weighted by Gasteiger charge is -2.50. The zero-order valence-electron chi connectivity index (χ0n) is 19.5. The van der Waals surface area contributed by atoms with Crippen molar-refractivity contribution in [2.45, 2.75) is 43.6 Å². The van der Waals surface area contributed by atoms with E-state index in [1.807, 2.05) is 12.1 Å². The summed E-state index contributed by atoms with van der Waals surface area (Å²) in [5, 5.41) is 22.0. The minimum Gasteiger partial charge on any atom is -0.388 e. The molecule has 3 aliphatic rings. The summed E-state index contributed by atoms with van der Waals surface area (Å²) in [5.41, 5.74) is 0.323. The number of rotatable bonds is 3. The number of H-pyrrole nitrogens is 1. The quantitative estimate of drug-likeness (QED) is 0.424. The van der Waals surface area contributed by atoms with Crippen LogP contribution in [0, 0.1) is 0 Å². The normalized spacial score (nSPS) is 26.9. The maximum Gasteiger partial charge on any atom is 0.330 e. The molecule has 1 fully saturated rings. The van der Waals surface area contributed by atoms with Crippen molar-refractivity contribution in [1.29, 1.82) is 0 Å². The number of carbonyl (C=O) groups excluding carboxylic acids is 2. The van der Waals surface area contributed by atoms with Crippen LogP contribution >= 0.6 is 0 Å². The van der Waals surface area contributed by atoms with E-state index in [1.54, 1.807) is 30.3 Å². The Kier molecular flexibility index (Phi) is 5.46. The molecule has 2 aromatic carbocycles. The van der Waals surface area contributed by atoms with Gasteiger partial charge >= 0.3 is 5.69 Å². The maximum absolute atomic E-state index is 12.7. The highest BCUT2D eigenvalue weighted by Crippen LogP contribution is 2.41. The predicted molar refractivity (Wildman–Crippen MR) is 127 cm³/mol.